The summed E-state index contributed by atoms with van der Waals surface area (Å²) in [5, 5.41) is 5.79. The molecule has 2 atom stereocenters. The second kappa shape index (κ2) is 6.91. The molecule has 2 unspecified atom stereocenters. The van der Waals surface area contributed by atoms with Gasteiger partial charge in [-0.2, -0.15) is 0 Å². The van der Waals surface area contributed by atoms with Gasteiger partial charge in [-0.25, -0.2) is 0 Å². The molecule has 1 aromatic carbocycles. The molecule has 0 aliphatic carbocycles. The SMILES string of the molecule is COc1cc(C)ccc1C(C)NC(C)Cc1cccs1. The van der Waals surface area contributed by atoms with Gasteiger partial charge in [0.1, 0.15) is 5.75 Å². The van der Waals surface area contributed by atoms with Gasteiger partial charge in [0.2, 0.25) is 0 Å². The highest BCUT2D eigenvalue weighted by Gasteiger charge is 2.14. The Bertz CT molecular complexity index is 536. The van der Waals surface area contributed by atoms with E-state index in [1.807, 2.05) is 11.3 Å². The first-order valence-electron chi connectivity index (χ1n) is 7.03. The average Bonchev–Trinajstić information content (AvgIpc) is 2.90. The summed E-state index contributed by atoms with van der Waals surface area (Å²) in [7, 11) is 1.74. The third kappa shape index (κ3) is 3.84. The number of benzene rings is 1. The van der Waals surface area contributed by atoms with Crippen LogP contribution in [0.25, 0.3) is 0 Å². The van der Waals surface area contributed by atoms with Crippen LogP contribution in [0.3, 0.4) is 0 Å². The predicted molar refractivity (Wildman–Crippen MR) is 86.8 cm³/mol. The quantitative estimate of drug-likeness (QED) is 0.853. The molecule has 0 radical (unpaired) electrons. The lowest BCUT2D eigenvalue weighted by Crippen LogP contribution is -2.30. The molecule has 20 heavy (non-hydrogen) atoms. The lowest BCUT2D eigenvalue weighted by Gasteiger charge is -2.22. The number of methoxy groups -OCH3 is 1. The molecular formula is C17H23NOS. The van der Waals surface area contributed by atoms with Crippen molar-refractivity contribution >= 4 is 11.3 Å². The number of thiophene rings is 1. The van der Waals surface area contributed by atoms with Gasteiger partial charge in [0.05, 0.1) is 7.11 Å². The average molecular weight is 289 g/mol. The Kier molecular flexibility index (Phi) is 5.21. The van der Waals surface area contributed by atoms with E-state index in [4.69, 9.17) is 4.74 Å². The third-order valence-corrected chi connectivity index (χ3v) is 4.38. The van der Waals surface area contributed by atoms with Crippen LogP contribution in [0.2, 0.25) is 0 Å². The van der Waals surface area contributed by atoms with E-state index in [2.05, 4.69) is 61.8 Å². The Hall–Kier alpha value is -1.32. The van der Waals surface area contributed by atoms with Crippen molar-refractivity contribution in [1.29, 1.82) is 0 Å². The molecule has 3 heteroatoms. The standard InChI is InChI=1S/C17H23NOS/c1-12-7-8-16(17(10-12)19-4)14(3)18-13(2)11-15-6-5-9-20-15/h5-10,13-14,18H,11H2,1-4H3. The van der Waals surface area contributed by atoms with Gasteiger partial charge >= 0.3 is 0 Å². The van der Waals surface area contributed by atoms with E-state index >= 15 is 0 Å². The van der Waals surface area contributed by atoms with Crippen molar-refractivity contribution in [1.82, 2.24) is 5.32 Å². The zero-order valence-corrected chi connectivity index (χ0v) is 13.5. The van der Waals surface area contributed by atoms with Gasteiger partial charge in [0.15, 0.2) is 0 Å². The predicted octanol–water partition coefficient (Wildman–Crippen LogP) is 4.35. The van der Waals surface area contributed by atoms with Crippen LogP contribution in [0, 0.1) is 6.92 Å². The largest absolute Gasteiger partial charge is 0.496 e. The Morgan fingerprint density at radius 3 is 2.70 bits per heavy atom. The number of hydrogen-bond donors (Lipinski definition) is 1. The normalized spacial score (nSPS) is 14.0. The van der Waals surface area contributed by atoms with Gasteiger partial charge in [0, 0.05) is 22.5 Å². The molecule has 0 saturated heterocycles. The monoisotopic (exact) mass is 289 g/mol. The van der Waals surface area contributed by atoms with Crippen molar-refractivity contribution < 1.29 is 4.74 Å². The van der Waals surface area contributed by atoms with Gasteiger partial charge in [-0.1, -0.05) is 18.2 Å². The zero-order valence-electron chi connectivity index (χ0n) is 12.6. The van der Waals surface area contributed by atoms with Gasteiger partial charge < -0.3 is 10.1 Å². The molecule has 1 aromatic heterocycles. The minimum Gasteiger partial charge on any atom is -0.496 e. The summed E-state index contributed by atoms with van der Waals surface area (Å²) < 4.78 is 5.50. The minimum absolute atomic E-state index is 0.278. The first-order chi connectivity index (χ1) is 9.60. The first-order valence-corrected chi connectivity index (χ1v) is 7.91. The second-order valence-electron chi connectivity index (χ2n) is 5.32. The van der Waals surface area contributed by atoms with Crippen LogP contribution in [0.4, 0.5) is 0 Å². The molecule has 108 valence electrons. The maximum atomic E-state index is 5.50. The summed E-state index contributed by atoms with van der Waals surface area (Å²) in [6.07, 6.45) is 1.07. The lowest BCUT2D eigenvalue weighted by molar-refractivity contribution is 0.395. The maximum absolute atomic E-state index is 5.50. The highest BCUT2D eigenvalue weighted by Crippen LogP contribution is 2.26. The molecule has 0 bridgehead atoms. The van der Waals surface area contributed by atoms with Gasteiger partial charge in [0.25, 0.3) is 0 Å². The lowest BCUT2D eigenvalue weighted by atomic mass is 10.0. The van der Waals surface area contributed by atoms with Crippen molar-refractivity contribution in [3.05, 3.63) is 51.7 Å². The number of rotatable bonds is 6. The molecule has 0 saturated carbocycles. The summed E-state index contributed by atoms with van der Waals surface area (Å²) in [6, 6.07) is 11.4. The number of nitrogens with one attached hydrogen (secondary N) is 1. The summed E-state index contributed by atoms with van der Waals surface area (Å²) in [6.45, 7) is 6.51. The summed E-state index contributed by atoms with van der Waals surface area (Å²) in [5.41, 5.74) is 2.44. The van der Waals surface area contributed by atoms with Crippen molar-refractivity contribution in [3.8, 4) is 5.75 Å². The summed E-state index contributed by atoms with van der Waals surface area (Å²) in [5.74, 6) is 0.966. The Morgan fingerprint density at radius 1 is 1.25 bits per heavy atom. The minimum atomic E-state index is 0.278. The number of ether oxygens (including phenoxy) is 1. The number of aryl methyl sites for hydroxylation is 1. The third-order valence-electron chi connectivity index (χ3n) is 3.48. The fourth-order valence-corrected chi connectivity index (χ4v) is 3.32. The molecule has 0 fully saturated rings. The molecule has 0 aliphatic heterocycles. The van der Waals surface area contributed by atoms with Gasteiger partial charge in [-0.05, 0) is 50.3 Å². The number of hydrogen-bond acceptors (Lipinski definition) is 3. The van der Waals surface area contributed by atoms with Crippen molar-refractivity contribution in [2.24, 2.45) is 0 Å². The van der Waals surface area contributed by atoms with E-state index in [0.29, 0.717) is 6.04 Å². The van der Waals surface area contributed by atoms with Crippen molar-refractivity contribution in [2.45, 2.75) is 39.3 Å². The molecule has 1 heterocycles. The highest BCUT2D eigenvalue weighted by molar-refractivity contribution is 7.09. The smallest absolute Gasteiger partial charge is 0.123 e. The fraction of sp³-hybridized carbons (Fsp3) is 0.412. The van der Waals surface area contributed by atoms with E-state index in [1.54, 1.807) is 7.11 Å². The molecule has 1 N–H and O–H groups in total. The Balaban J connectivity index is 2.02. The van der Waals surface area contributed by atoms with Crippen LogP contribution >= 0.6 is 11.3 Å². The van der Waals surface area contributed by atoms with Gasteiger partial charge in [-0.3, -0.25) is 0 Å². The summed E-state index contributed by atoms with van der Waals surface area (Å²) >= 11 is 1.82. The maximum Gasteiger partial charge on any atom is 0.123 e. The van der Waals surface area contributed by atoms with Crippen LogP contribution in [0.1, 0.15) is 35.9 Å². The van der Waals surface area contributed by atoms with E-state index in [1.165, 1.54) is 16.0 Å². The molecule has 2 nitrogen and oxygen atoms in total. The molecule has 0 amide bonds. The van der Waals surface area contributed by atoms with Crippen molar-refractivity contribution in [2.75, 3.05) is 7.11 Å². The van der Waals surface area contributed by atoms with E-state index in [-0.39, 0.29) is 6.04 Å². The van der Waals surface area contributed by atoms with Crippen LogP contribution in [0.15, 0.2) is 35.7 Å². The Morgan fingerprint density at radius 2 is 2.05 bits per heavy atom. The van der Waals surface area contributed by atoms with E-state index in [0.717, 1.165) is 12.2 Å². The van der Waals surface area contributed by atoms with E-state index < -0.39 is 0 Å². The summed E-state index contributed by atoms with van der Waals surface area (Å²) in [4.78, 5) is 1.42. The first kappa shape index (κ1) is 15.1. The second-order valence-corrected chi connectivity index (χ2v) is 6.35. The molecule has 2 rings (SSSR count). The van der Waals surface area contributed by atoms with Crippen LogP contribution < -0.4 is 10.1 Å². The van der Waals surface area contributed by atoms with Gasteiger partial charge in [-0.15, -0.1) is 11.3 Å². The molecule has 0 aliphatic rings. The fourth-order valence-electron chi connectivity index (χ4n) is 2.48. The van der Waals surface area contributed by atoms with Crippen LogP contribution in [-0.4, -0.2) is 13.2 Å². The molecule has 2 aromatic rings. The zero-order chi connectivity index (χ0) is 14.5. The van der Waals surface area contributed by atoms with Crippen LogP contribution in [0.5, 0.6) is 5.75 Å². The van der Waals surface area contributed by atoms with Crippen molar-refractivity contribution in [3.63, 3.8) is 0 Å². The molecule has 0 spiro atoms. The Labute approximate surface area is 125 Å². The molecular weight excluding hydrogens is 266 g/mol. The topological polar surface area (TPSA) is 21.3 Å². The van der Waals surface area contributed by atoms with Crippen LogP contribution in [-0.2, 0) is 6.42 Å². The highest BCUT2D eigenvalue weighted by atomic mass is 32.1. The van der Waals surface area contributed by atoms with E-state index in [9.17, 15) is 0 Å².